The van der Waals surface area contributed by atoms with Gasteiger partial charge < -0.3 is 19.8 Å². The molecule has 0 fully saturated rings. The molecule has 0 spiro atoms. The van der Waals surface area contributed by atoms with Crippen molar-refractivity contribution in [2.75, 3.05) is 19.8 Å². The number of thiophene rings is 1. The van der Waals surface area contributed by atoms with Gasteiger partial charge in [0.15, 0.2) is 6.61 Å². The SMILES string of the molecule is CCOC(=O)c1c(C)[nH]c(C)c1C(=O)COC(=O)CNC(=O)c1cccs1. The van der Waals surface area contributed by atoms with Crippen LogP contribution in [-0.2, 0) is 14.3 Å². The molecular weight excluding hydrogens is 372 g/mol. The molecule has 1 amide bonds. The van der Waals surface area contributed by atoms with Crippen LogP contribution in [0.3, 0.4) is 0 Å². The van der Waals surface area contributed by atoms with E-state index >= 15 is 0 Å². The Bertz CT molecular complexity index is 854. The van der Waals surface area contributed by atoms with Gasteiger partial charge in [-0.25, -0.2) is 4.79 Å². The van der Waals surface area contributed by atoms with Crippen LogP contribution in [0.1, 0.15) is 48.7 Å². The van der Waals surface area contributed by atoms with E-state index in [0.29, 0.717) is 16.3 Å². The van der Waals surface area contributed by atoms with Crippen LogP contribution in [-0.4, -0.2) is 48.4 Å². The van der Waals surface area contributed by atoms with Crippen molar-refractivity contribution in [3.8, 4) is 0 Å². The number of rotatable bonds is 8. The average molecular weight is 392 g/mol. The second-order valence-electron chi connectivity index (χ2n) is 5.59. The first-order valence-corrected chi connectivity index (χ1v) is 9.09. The zero-order chi connectivity index (χ0) is 20.0. The van der Waals surface area contributed by atoms with Crippen LogP contribution < -0.4 is 5.32 Å². The summed E-state index contributed by atoms with van der Waals surface area (Å²) in [5.74, 6) is -2.29. The number of aryl methyl sites for hydroxylation is 2. The second-order valence-corrected chi connectivity index (χ2v) is 6.54. The first kappa shape index (κ1) is 20.4. The summed E-state index contributed by atoms with van der Waals surface area (Å²) >= 11 is 1.24. The number of Topliss-reactive ketones (excluding diaryl/α,β-unsaturated/α-hetero) is 1. The lowest BCUT2D eigenvalue weighted by atomic mass is 10.1. The molecule has 0 radical (unpaired) electrons. The number of amides is 1. The number of ether oxygens (including phenoxy) is 2. The second kappa shape index (κ2) is 9.13. The zero-order valence-electron chi connectivity index (χ0n) is 15.2. The number of carbonyl (C=O) groups is 4. The molecule has 0 bridgehead atoms. The van der Waals surface area contributed by atoms with Gasteiger partial charge in [-0.05, 0) is 32.2 Å². The topological polar surface area (TPSA) is 115 Å². The Labute approximate surface area is 159 Å². The Hall–Kier alpha value is -2.94. The number of aromatic amines is 1. The molecule has 0 aliphatic carbocycles. The van der Waals surface area contributed by atoms with Crippen LogP contribution >= 0.6 is 11.3 Å². The first-order chi connectivity index (χ1) is 12.8. The molecule has 2 heterocycles. The minimum atomic E-state index is -0.754. The van der Waals surface area contributed by atoms with Crippen LogP contribution in [0.2, 0.25) is 0 Å². The maximum atomic E-state index is 12.4. The van der Waals surface area contributed by atoms with Gasteiger partial charge in [0.1, 0.15) is 6.54 Å². The van der Waals surface area contributed by atoms with Gasteiger partial charge in [0.25, 0.3) is 5.91 Å². The van der Waals surface area contributed by atoms with Gasteiger partial charge in [0.05, 0.1) is 22.6 Å². The van der Waals surface area contributed by atoms with Crippen LogP contribution in [0.25, 0.3) is 0 Å². The predicted octanol–water partition coefficient (Wildman–Crippen LogP) is 2.03. The Morgan fingerprint density at radius 1 is 1.11 bits per heavy atom. The summed E-state index contributed by atoms with van der Waals surface area (Å²) in [4.78, 5) is 51.5. The van der Waals surface area contributed by atoms with E-state index in [1.165, 1.54) is 11.3 Å². The Morgan fingerprint density at radius 3 is 2.44 bits per heavy atom. The third kappa shape index (κ3) is 5.04. The van der Waals surface area contributed by atoms with Crippen LogP contribution in [0.15, 0.2) is 17.5 Å². The average Bonchev–Trinajstić information content (AvgIpc) is 3.25. The molecule has 0 saturated carbocycles. The van der Waals surface area contributed by atoms with Crippen LogP contribution in [0, 0.1) is 13.8 Å². The van der Waals surface area contributed by atoms with Crippen molar-refractivity contribution in [1.29, 1.82) is 0 Å². The van der Waals surface area contributed by atoms with Crippen LogP contribution in [0.5, 0.6) is 0 Å². The van der Waals surface area contributed by atoms with Gasteiger partial charge in [0, 0.05) is 11.4 Å². The molecule has 2 aromatic rings. The molecule has 0 aliphatic rings. The summed E-state index contributed by atoms with van der Waals surface area (Å²) < 4.78 is 9.89. The van der Waals surface area contributed by atoms with Gasteiger partial charge in [-0.1, -0.05) is 6.07 Å². The fraction of sp³-hybridized carbons (Fsp3) is 0.333. The molecule has 2 aromatic heterocycles. The number of hydrogen-bond donors (Lipinski definition) is 2. The number of H-pyrrole nitrogens is 1. The van der Waals surface area contributed by atoms with Gasteiger partial charge in [0.2, 0.25) is 5.78 Å². The monoisotopic (exact) mass is 392 g/mol. The lowest BCUT2D eigenvalue weighted by Gasteiger charge is -2.07. The molecule has 0 atom stereocenters. The number of esters is 2. The lowest BCUT2D eigenvalue weighted by molar-refractivity contribution is -0.141. The summed E-state index contributed by atoms with van der Waals surface area (Å²) in [7, 11) is 0. The highest BCUT2D eigenvalue weighted by atomic mass is 32.1. The van der Waals surface area contributed by atoms with Crippen LogP contribution in [0.4, 0.5) is 0 Å². The molecule has 0 aliphatic heterocycles. The molecule has 9 heteroatoms. The third-order valence-corrected chi connectivity index (χ3v) is 4.50. The highest BCUT2D eigenvalue weighted by Gasteiger charge is 2.26. The van der Waals surface area contributed by atoms with E-state index in [1.54, 1.807) is 38.3 Å². The van der Waals surface area contributed by atoms with E-state index in [4.69, 9.17) is 9.47 Å². The number of ketones is 1. The van der Waals surface area contributed by atoms with E-state index in [0.717, 1.165) is 0 Å². The van der Waals surface area contributed by atoms with Gasteiger partial charge >= 0.3 is 11.9 Å². The van der Waals surface area contributed by atoms with Crippen molar-refractivity contribution in [2.45, 2.75) is 20.8 Å². The lowest BCUT2D eigenvalue weighted by Crippen LogP contribution is -2.31. The van der Waals surface area contributed by atoms with Crippen molar-refractivity contribution < 1.29 is 28.7 Å². The van der Waals surface area contributed by atoms with Gasteiger partial charge in [-0.3, -0.25) is 14.4 Å². The smallest absolute Gasteiger partial charge is 0.340 e. The maximum absolute atomic E-state index is 12.4. The third-order valence-electron chi connectivity index (χ3n) is 3.64. The zero-order valence-corrected chi connectivity index (χ0v) is 16.0. The van der Waals surface area contributed by atoms with E-state index in [2.05, 4.69) is 10.3 Å². The standard InChI is InChI=1S/C18H20N2O6S/c1-4-25-18(24)16-11(3)20-10(2)15(16)12(21)9-26-14(22)8-19-17(23)13-6-5-7-27-13/h5-7,20H,4,8-9H2,1-3H3,(H,19,23). The van der Waals surface area contributed by atoms with E-state index < -0.39 is 30.2 Å². The van der Waals surface area contributed by atoms with Gasteiger partial charge in [-0.2, -0.15) is 0 Å². The number of hydrogen-bond acceptors (Lipinski definition) is 7. The Balaban J connectivity index is 1.94. The summed E-state index contributed by atoms with van der Waals surface area (Å²) in [6.07, 6.45) is 0. The Morgan fingerprint density at radius 2 is 1.81 bits per heavy atom. The largest absolute Gasteiger partial charge is 0.462 e. The minimum Gasteiger partial charge on any atom is -0.462 e. The Kier molecular flexibility index (Phi) is 6.89. The van der Waals surface area contributed by atoms with E-state index in [-0.39, 0.29) is 24.3 Å². The van der Waals surface area contributed by atoms with Crippen molar-refractivity contribution in [1.82, 2.24) is 10.3 Å². The molecule has 27 heavy (non-hydrogen) atoms. The van der Waals surface area contributed by atoms with Crippen molar-refractivity contribution in [3.63, 3.8) is 0 Å². The molecule has 144 valence electrons. The normalized spacial score (nSPS) is 10.3. The van der Waals surface area contributed by atoms with Gasteiger partial charge in [-0.15, -0.1) is 11.3 Å². The molecule has 2 N–H and O–H groups in total. The maximum Gasteiger partial charge on any atom is 0.340 e. The summed E-state index contributed by atoms with van der Waals surface area (Å²) in [5, 5.41) is 4.16. The fourth-order valence-corrected chi connectivity index (χ4v) is 3.14. The first-order valence-electron chi connectivity index (χ1n) is 8.22. The highest BCUT2D eigenvalue weighted by Crippen LogP contribution is 2.20. The summed E-state index contributed by atoms with van der Waals surface area (Å²) in [6.45, 7) is 4.24. The molecule has 0 unspecified atom stereocenters. The number of carbonyl (C=O) groups excluding carboxylic acids is 4. The minimum absolute atomic E-state index is 0.140. The van der Waals surface area contributed by atoms with Crippen molar-refractivity contribution >= 4 is 35.0 Å². The molecule has 8 nitrogen and oxygen atoms in total. The number of nitrogens with one attached hydrogen (secondary N) is 2. The van der Waals surface area contributed by atoms with Crippen molar-refractivity contribution in [3.05, 3.63) is 44.9 Å². The molecule has 2 rings (SSSR count). The van der Waals surface area contributed by atoms with Crippen molar-refractivity contribution in [2.24, 2.45) is 0 Å². The predicted molar refractivity (Wildman–Crippen MR) is 98.2 cm³/mol. The molecule has 0 saturated heterocycles. The summed E-state index contributed by atoms with van der Waals surface area (Å²) in [5.41, 5.74) is 1.27. The quantitative estimate of drug-likeness (QED) is 0.525. The molecular formula is C18H20N2O6S. The number of aromatic nitrogens is 1. The molecule has 0 aromatic carbocycles. The summed E-state index contributed by atoms with van der Waals surface area (Å²) in [6, 6.07) is 3.35. The van der Waals surface area contributed by atoms with E-state index in [9.17, 15) is 19.2 Å². The fourth-order valence-electron chi connectivity index (χ4n) is 2.50. The van der Waals surface area contributed by atoms with E-state index in [1.807, 2.05) is 0 Å². The highest BCUT2D eigenvalue weighted by molar-refractivity contribution is 7.12.